The second-order valence-corrected chi connectivity index (χ2v) is 5.23. The molecule has 0 unspecified atom stereocenters. The van der Waals surface area contributed by atoms with Gasteiger partial charge in [-0.15, -0.1) is 0 Å². The minimum atomic E-state index is -7.00. The number of halogens is 9. The molecule has 2 amide bonds. The van der Waals surface area contributed by atoms with Gasteiger partial charge in [-0.3, -0.25) is 14.4 Å². The fraction of sp³-hybridized carbons (Fsp3) is 0.750. The van der Waals surface area contributed by atoms with Crippen molar-refractivity contribution in [3.05, 3.63) is 0 Å². The van der Waals surface area contributed by atoms with Crippen molar-refractivity contribution in [3.63, 3.8) is 0 Å². The Morgan fingerprint density at radius 3 is 1.81 bits per heavy atom. The molecule has 0 spiro atoms. The fourth-order valence-corrected chi connectivity index (χ4v) is 1.77. The van der Waals surface area contributed by atoms with Gasteiger partial charge in [-0.2, -0.15) is 39.5 Å². The van der Waals surface area contributed by atoms with Crippen LogP contribution in [0.1, 0.15) is 25.7 Å². The molecule has 1 heterocycles. The second-order valence-electron chi connectivity index (χ2n) is 5.23. The smallest absolute Gasteiger partial charge is 0.433 e. The molecule has 1 aliphatic heterocycles. The molecule has 6 nitrogen and oxygen atoms in total. The normalized spacial score (nSPS) is 16.7. The highest BCUT2D eigenvalue weighted by Gasteiger charge is 2.81. The largest absolute Gasteiger partial charge is 0.533 e. The van der Waals surface area contributed by atoms with Crippen LogP contribution in [0.5, 0.6) is 0 Å². The van der Waals surface area contributed by atoms with E-state index in [4.69, 9.17) is 0 Å². The second kappa shape index (κ2) is 7.42. The summed E-state index contributed by atoms with van der Waals surface area (Å²) in [6.45, 7) is -1.15. The number of alkyl halides is 9. The van der Waals surface area contributed by atoms with Crippen LogP contribution in [0.3, 0.4) is 0 Å². The van der Waals surface area contributed by atoms with E-state index in [0.717, 1.165) is 0 Å². The Morgan fingerprint density at radius 1 is 0.889 bits per heavy atom. The van der Waals surface area contributed by atoms with Gasteiger partial charge in [0.1, 0.15) is 0 Å². The lowest BCUT2D eigenvalue weighted by Crippen LogP contribution is -2.60. The SMILES string of the molecule is O=C(OCCCC(F)(F)C(F)(F)C(F)(F)C(F)(F)F)ON1C(=O)CCC1=O. The standard InChI is InChI=1S/C12H10F9NO5/c13-9(14,10(15,16)11(17,18)12(19,20)21)4-1-5-26-8(25)27-22-6(23)2-3-7(22)24/h1-5H2. The molecule has 1 saturated heterocycles. The van der Waals surface area contributed by atoms with Gasteiger partial charge >= 0.3 is 30.1 Å². The monoisotopic (exact) mass is 419 g/mol. The summed E-state index contributed by atoms with van der Waals surface area (Å²) in [7, 11) is 0. The molecule has 0 aromatic rings. The molecule has 0 N–H and O–H groups in total. The molecule has 0 atom stereocenters. The van der Waals surface area contributed by atoms with Crippen molar-refractivity contribution in [2.45, 2.75) is 49.6 Å². The molecule has 15 heteroatoms. The molecule has 0 radical (unpaired) electrons. The van der Waals surface area contributed by atoms with E-state index < -0.39 is 61.4 Å². The number of amides is 2. The Kier molecular flexibility index (Phi) is 6.27. The van der Waals surface area contributed by atoms with Crippen LogP contribution in [-0.4, -0.2) is 53.6 Å². The molecule has 1 aliphatic rings. The summed E-state index contributed by atoms with van der Waals surface area (Å²) in [5.41, 5.74) is 0. The fourth-order valence-electron chi connectivity index (χ4n) is 1.77. The first kappa shape index (κ1) is 22.8. The van der Waals surface area contributed by atoms with E-state index in [2.05, 4.69) is 9.57 Å². The van der Waals surface area contributed by atoms with E-state index in [1.807, 2.05) is 0 Å². The molecule has 1 rings (SSSR count). The highest BCUT2D eigenvalue weighted by molar-refractivity contribution is 6.01. The Hall–Kier alpha value is -2.22. The number of carbonyl (C=O) groups excluding carboxylic acids is 3. The number of carbonyl (C=O) groups is 3. The van der Waals surface area contributed by atoms with Crippen molar-refractivity contribution >= 4 is 18.0 Å². The third kappa shape index (κ3) is 4.55. The summed E-state index contributed by atoms with van der Waals surface area (Å²) >= 11 is 0. The highest BCUT2D eigenvalue weighted by Crippen LogP contribution is 2.54. The van der Waals surface area contributed by atoms with Gasteiger partial charge < -0.3 is 4.74 Å². The summed E-state index contributed by atoms with van der Waals surface area (Å²) in [5, 5.41) is 0.00890. The van der Waals surface area contributed by atoms with E-state index in [9.17, 15) is 53.9 Å². The topological polar surface area (TPSA) is 72.9 Å². The molecule has 0 aromatic carbocycles. The first-order valence-corrected chi connectivity index (χ1v) is 6.95. The van der Waals surface area contributed by atoms with Crippen LogP contribution in [-0.2, 0) is 19.2 Å². The van der Waals surface area contributed by atoms with Crippen LogP contribution in [0.25, 0.3) is 0 Å². The summed E-state index contributed by atoms with van der Waals surface area (Å²) in [6, 6.07) is 0. The first-order valence-electron chi connectivity index (χ1n) is 6.95. The molecule has 0 aliphatic carbocycles. The van der Waals surface area contributed by atoms with E-state index in [1.54, 1.807) is 0 Å². The van der Waals surface area contributed by atoms with Crippen LogP contribution in [0.2, 0.25) is 0 Å². The quantitative estimate of drug-likeness (QED) is 0.274. The van der Waals surface area contributed by atoms with Crippen molar-refractivity contribution < 1.29 is 63.5 Å². The Bertz CT molecular complexity index is 589. The minimum absolute atomic E-state index is 0.00890. The summed E-state index contributed by atoms with van der Waals surface area (Å²) in [4.78, 5) is 37.4. The van der Waals surface area contributed by atoms with Gasteiger partial charge in [0.05, 0.1) is 6.61 Å². The zero-order valence-corrected chi connectivity index (χ0v) is 12.9. The minimum Gasteiger partial charge on any atom is -0.433 e. The van der Waals surface area contributed by atoms with Crippen molar-refractivity contribution in [1.82, 2.24) is 5.06 Å². The maximum atomic E-state index is 13.2. The molecule has 1 fully saturated rings. The number of nitrogens with zero attached hydrogens (tertiary/aromatic N) is 1. The molecular weight excluding hydrogens is 409 g/mol. The number of hydrogen-bond acceptors (Lipinski definition) is 5. The van der Waals surface area contributed by atoms with Crippen LogP contribution in [0.4, 0.5) is 44.3 Å². The summed E-state index contributed by atoms with van der Waals surface area (Å²) < 4.78 is 117. The van der Waals surface area contributed by atoms with Gasteiger partial charge in [-0.05, 0) is 6.42 Å². The van der Waals surface area contributed by atoms with Crippen molar-refractivity contribution in [2.75, 3.05) is 6.61 Å². The number of rotatable bonds is 7. The average molecular weight is 419 g/mol. The van der Waals surface area contributed by atoms with E-state index >= 15 is 0 Å². The van der Waals surface area contributed by atoms with Crippen molar-refractivity contribution in [1.29, 1.82) is 0 Å². The number of ether oxygens (including phenoxy) is 1. The number of imide groups is 1. The van der Waals surface area contributed by atoms with Crippen LogP contribution in [0, 0.1) is 0 Å². The third-order valence-corrected chi connectivity index (χ3v) is 3.24. The van der Waals surface area contributed by atoms with Crippen LogP contribution >= 0.6 is 0 Å². The Balaban J connectivity index is 2.56. The van der Waals surface area contributed by atoms with Crippen LogP contribution in [0.15, 0.2) is 0 Å². The van der Waals surface area contributed by atoms with Gasteiger partial charge in [0, 0.05) is 19.3 Å². The van der Waals surface area contributed by atoms with E-state index in [0.29, 0.717) is 0 Å². The van der Waals surface area contributed by atoms with Crippen molar-refractivity contribution in [2.24, 2.45) is 0 Å². The zero-order valence-electron chi connectivity index (χ0n) is 12.9. The van der Waals surface area contributed by atoms with E-state index in [-0.39, 0.29) is 17.9 Å². The average Bonchev–Trinajstić information content (AvgIpc) is 2.82. The van der Waals surface area contributed by atoms with Gasteiger partial charge in [0.2, 0.25) is 0 Å². The number of hydrogen-bond donors (Lipinski definition) is 0. The maximum Gasteiger partial charge on any atom is 0.533 e. The molecule has 0 bridgehead atoms. The maximum absolute atomic E-state index is 13.2. The highest BCUT2D eigenvalue weighted by atomic mass is 19.4. The van der Waals surface area contributed by atoms with Gasteiger partial charge in [-0.25, -0.2) is 4.79 Å². The van der Waals surface area contributed by atoms with E-state index in [1.165, 1.54) is 0 Å². The van der Waals surface area contributed by atoms with Crippen LogP contribution < -0.4 is 0 Å². The molecule has 0 aromatic heterocycles. The molecule has 0 saturated carbocycles. The Morgan fingerprint density at radius 2 is 1.37 bits per heavy atom. The lowest BCUT2D eigenvalue weighted by Gasteiger charge is -2.33. The summed E-state index contributed by atoms with van der Waals surface area (Å²) in [6.07, 6.45) is -12.7. The molecular formula is C12H10F9NO5. The third-order valence-electron chi connectivity index (χ3n) is 3.24. The Labute approximate surface area is 144 Å². The predicted molar refractivity (Wildman–Crippen MR) is 63.7 cm³/mol. The lowest BCUT2D eigenvalue weighted by molar-refractivity contribution is -0.396. The molecule has 27 heavy (non-hydrogen) atoms. The lowest BCUT2D eigenvalue weighted by atomic mass is 10.00. The number of hydroxylamine groups is 2. The van der Waals surface area contributed by atoms with Gasteiger partial charge in [0.15, 0.2) is 0 Å². The summed E-state index contributed by atoms with van der Waals surface area (Å²) in [5.74, 6) is -21.4. The van der Waals surface area contributed by atoms with Gasteiger partial charge in [-0.1, -0.05) is 5.06 Å². The predicted octanol–water partition coefficient (Wildman–Crippen LogP) is 3.45. The zero-order chi connectivity index (χ0) is 21.3. The van der Waals surface area contributed by atoms with Crippen molar-refractivity contribution in [3.8, 4) is 0 Å². The molecule has 156 valence electrons. The first-order chi connectivity index (χ1) is 12.0. The van der Waals surface area contributed by atoms with Gasteiger partial charge in [0.25, 0.3) is 11.8 Å².